The molecular weight excluding hydrogens is 452 g/mol. The first-order valence-corrected chi connectivity index (χ1v) is 12.8. The lowest BCUT2D eigenvalue weighted by Crippen LogP contribution is -2.60. The van der Waals surface area contributed by atoms with Crippen molar-refractivity contribution < 1.29 is 5.11 Å². The van der Waals surface area contributed by atoms with Crippen LogP contribution in [0.2, 0.25) is 0 Å². The van der Waals surface area contributed by atoms with Gasteiger partial charge in [-0.1, -0.05) is 25.6 Å². The van der Waals surface area contributed by atoms with Gasteiger partial charge < -0.3 is 25.2 Å². The molecule has 9 nitrogen and oxygen atoms in total. The molecule has 0 radical (unpaired) electrons. The van der Waals surface area contributed by atoms with Crippen molar-refractivity contribution in [2.45, 2.75) is 38.8 Å². The summed E-state index contributed by atoms with van der Waals surface area (Å²) < 4.78 is 0. The highest BCUT2D eigenvalue weighted by atomic mass is 16.3. The fourth-order valence-corrected chi connectivity index (χ4v) is 5.41. The van der Waals surface area contributed by atoms with Crippen molar-refractivity contribution in [2.75, 3.05) is 39.9 Å². The molecule has 9 heteroatoms. The van der Waals surface area contributed by atoms with E-state index in [1.807, 2.05) is 24.3 Å². The average molecular weight is 489 g/mol. The number of phenols is 1. The van der Waals surface area contributed by atoms with Crippen LogP contribution in [0.4, 0.5) is 0 Å². The van der Waals surface area contributed by atoms with Crippen molar-refractivity contribution in [3.05, 3.63) is 54.4 Å². The van der Waals surface area contributed by atoms with E-state index in [9.17, 15) is 5.11 Å². The van der Waals surface area contributed by atoms with E-state index in [-0.39, 0.29) is 11.8 Å². The lowest BCUT2D eigenvalue weighted by molar-refractivity contribution is 0.0992. The number of benzene rings is 1. The van der Waals surface area contributed by atoms with Crippen LogP contribution < -0.4 is 5.32 Å². The summed E-state index contributed by atoms with van der Waals surface area (Å²) >= 11 is 0. The highest BCUT2D eigenvalue weighted by molar-refractivity contribution is 5.88. The van der Waals surface area contributed by atoms with E-state index in [1.54, 1.807) is 12.3 Å². The van der Waals surface area contributed by atoms with E-state index in [4.69, 9.17) is 4.99 Å². The van der Waals surface area contributed by atoms with Gasteiger partial charge in [0.15, 0.2) is 5.65 Å². The van der Waals surface area contributed by atoms with Crippen molar-refractivity contribution in [1.29, 1.82) is 0 Å². The molecule has 2 aromatic heterocycles. The van der Waals surface area contributed by atoms with E-state index in [0.717, 1.165) is 62.7 Å². The Bertz CT molecular complexity index is 1260. The van der Waals surface area contributed by atoms with Crippen LogP contribution in [0.15, 0.2) is 48.1 Å². The Morgan fingerprint density at radius 3 is 2.81 bits per heavy atom. The molecule has 0 saturated carbocycles. The molecule has 36 heavy (non-hydrogen) atoms. The number of nitrogens with zero attached hydrogens (tertiary/aromatic N) is 6. The summed E-state index contributed by atoms with van der Waals surface area (Å²) in [5, 5.41) is 23.6. The quantitative estimate of drug-likeness (QED) is 0.267. The van der Waals surface area contributed by atoms with E-state index in [0.29, 0.717) is 17.3 Å². The third-order valence-corrected chi connectivity index (χ3v) is 7.33. The number of phenolic OH excluding ortho intramolecular Hbond substituents is 1. The van der Waals surface area contributed by atoms with Gasteiger partial charge in [-0.15, -0.1) is 10.2 Å². The molecule has 0 aliphatic carbocycles. The van der Waals surface area contributed by atoms with Crippen LogP contribution in [0.3, 0.4) is 0 Å². The van der Waals surface area contributed by atoms with Crippen molar-refractivity contribution in [3.63, 3.8) is 0 Å². The number of para-hydroxylation sites is 1. The summed E-state index contributed by atoms with van der Waals surface area (Å²) in [6.07, 6.45) is 3.62. The molecule has 1 atom stereocenters. The number of hydrogen-bond acceptors (Lipinski definition) is 6. The zero-order valence-corrected chi connectivity index (χ0v) is 21.4. The summed E-state index contributed by atoms with van der Waals surface area (Å²) in [5.74, 6) is 1.12. The predicted octanol–water partition coefficient (Wildman–Crippen LogP) is 3.32. The van der Waals surface area contributed by atoms with E-state index < -0.39 is 0 Å². The minimum atomic E-state index is 0.0788. The number of H-pyrrole nitrogens is 1. The Labute approximate surface area is 212 Å². The summed E-state index contributed by atoms with van der Waals surface area (Å²) in [4.78, 5) is 15.4. The molecule has 0 amide bonds. The molecule has 2 aliphatic heterocycles. The van der Waals surface area contributed by atoms with Crippen molar-refractivity contribution in [3.8, 4) is 17.0 Å². The number of nitrogens with one attached hydrogen (secondary N) is 2. The van der Waals surface area contributed by atoms with Crippen LogP contribution in [0.5, 0.6) is 5.75 Å². The van der Waals surface area contributed by atoms with Crippen molar-refractivity contribution in [2.24, 2.45) is 4.99 Å². The smallest absolute Gasteiger partial charge is 0.202 e. The van der Waals surface area contributed by atoms with E-state index in [1.165, 1.54) is 11.3 Å². The number of aromatic hydroxyl groups is 1. The van der Waals surface area contributed by atoms with Crippen LogP contribution in [0.25, 0.3) is 22.3 Å². The Balaban J connectivity index is 1.46. The normalized spacial score (nSPS) is 18.4. The monoisotopic (exact) mass is 488 g/mol. The number of aliphatic imine (C=N–C) groups is 1. The lowest BCUT2D eigenvalue weighted by atomic mass is 9.97. The van der Waals surface area contributed by atoms with Crippen molar-refractivity contribution >= 4 is 17.0 Å². The van der Waals surface area contributed by atoms with Gasteiger partial charge in [0.05, 0.1) is 18.4 Å². The van der Waals surface area contributed by atoms with Gasteiger partial charge in [0, 0.05) is 67.6 Å². The van der Waals surface area contributed by atoms with Gasteiger partial charge >= 0.3 is 0 Å². The first-order valence-electron chi connectivity index (χ1n) is 12.8. The highest BCUT2D eigenvalue weighted by Gasteiger charge is 2.33. The Morgan fingerprint density at radius 1 is 1.31 bits per heavy atom. The third-order valence-electron chi connectivity index (χ3n) is 7.33. The maximum absolute atomic E-state index is 10.4. The number of aromatic amines is 1. The van der Waals surface area contributed by atoms with Crippen LogP contribution in [-0.2, 0) is 6.42 Å². The van der Waals surface area contributed by atoms with Crippen LogP contribution in [0.1, 0.15) is 37.6 Å². The van der Waals surface area contributed by atoms with Gasteiger partial charge in [-0.3, -0.25) is 4.90 Å². The zero-order chi connectivity index (χ0) is 25.2. The molecule has 0 unspecified atom stereocenters. The average Bonchev–Trinajstić information content (AvgIpc) is 3.21. The first kappa shape index (κ1) is 24.3. The molecule has 4 heterocycles. The second-order valence-electron chi connectivity index (χ2n) is 9.72. The van der Waals surface area contributed by atoms with E-state index in [2.05, 4.69) is 62.7 Å². The molecule has 2 aliphatic rings. The number of aromatic nitrogens is 3. The second kappa shape index (κ2) is 10.3. The Morgan fingerprint density at radius 2 is 2.11 bits per heavy atom. The molecule has 1 fully saturated rings. The Kier molecular flexibility index (Phi) is 6.93. The minimum absolute atomic E-state index is 0.0788. The standard InChI is InChI=1S/C27H36N8O/c1-5-12-34(19-15-28-16-19)17-33(4)27(29-6-2)35-13-11-22-25(18(35)3)21-14-23(31-32-26(21)30-22)20-9-7-8-10-24(20)36/h6-10,14,18-19,28,36H,2,5,11-13,15-17H2,1,3-4H3,(H,30,32)/b29-27+/t18-/m1/s1. The third kappa shape index (κ3) is 4.44. The Hall–Kier alpha value is -3.43. The summed E-state index contributed by atoms with van der Waals surface area (Å²) in [7, 11) is 2.12. The number of hydrogen-bond donors (Lipinski definition) is 3. The molecule has 190 valence electrons. The summed E-state index contributed by atoms with van der Waals surface area (Å²) in [6.45, 7) is 13.2. The molecule has 1 aromatic carbocycles. The van der Waals surface area contributed by atoms with Gasteiger partial charge in [-0.2, -0.15) is 0 Å². The maximum atomic E-state index is 10.4. The molecule has 1 saturated heterocycles. The van der Waals surface area contributed by atoms with Gasteiger partial charge in [-0.25, -0.2) is 4.99 Å². The summed E-state index contributed by atoms with van der Waals surface area (Å²) in [6, 6.07) is 9.93. The van der Waals surface area contributed by atoms with Gasteiger partial charge in [0.25, 0.3) is 0 Å². The van der Waals surface area contributed by atoms with Gasteiger partial charge in [-0.05, 0) is 38.1 Å². The van der Waals surface area contributed by atoms with Crippen LogP contribution >= 0.6 is 0 Å². The van der Waals surface area contributed by atoms with Crippen molar-refractivity contribution in [1.82, 2.24) is 35.2 Å². The maximum Gasteiger partial charge on any atom is 0.202 e. The number of guanidine groups is 1. The highest BCUT2D eigenvalue weighted by Crippen LogP contribution is 2.37. The summed E-state index contributed by atoms with van der Waals surface area (Å²) in [5.41, 5.74) is 4.51. The molecular formula is C27H36N8O. The first-order chi connectivity index (χ1) is 17.5. The van der Waals surface area contributed by atoms with Crippen LogP contribution in [-0.4, -0.2) is 86.9 Å². The fourth-order valence-electron chi connectivity index (χ4n) is 5.41. The zero-order valence-electron chi connectivity index (χ0n) is 21.4. The SMILES string of the molecule is C=C/N=C(\N(C)CN(CCC)C1CNC1)N1CCc2[nH]c3nnc(-c4ccccc4O)cc3c2[C@H]1C. The van der Waals surface area contributed by atoms with Crippen LogP contribution in [0, 0.1) is 0 Å². The molecule has 3 N–H and O–H groups in total. The second-order valence-corrected chi connectivity index (χ2v) is 9.72. The lowest BCUT2D eigenvalue weighted by Gasteiger charge is -2.43. The molecule has 5 rings (SSSR count). The largest absolute Gasteiger partial charge is 0.507 e. The molecule has 0 bridgehead atoms. The van der Waals surface area contributed by atoms with Gasteiger partial charge in [0.1, 0.15) is 5.75 Å². The predicted molar refractivity (Wildman–Crippen MR) is 144 cm³/mol. The van der Waals surface area contributed by atoms with Gasteiger partial charge in [0.2, 0.25) is 5.96 Å². The number of rotatable bonds is 7. The minimum Gasteiger partial charge on any atom is -0.507 e. The molecule has 0 spiro atoms. The van der Waals surface area contributed by atoms with E-state index >= 15 is 0 Å². The number of fused-ring (bicyclic) bond motifs is 3. The topological polar surface area (TPSA) is 95.9 Å². The molecule has 3 aromatic rings. The fraction of sp³-hybridized carbons (Fsp3) is 0.444.